The fraction of sp³-hybridized carbons (Fsp3) is 0.692. The fourth-order valence-corrected chi connectivity index (χ4v) is 2.75. The molecular formula is C13H20BrN3O. The molecule has 0 atom stereocenters. The van der Waals surface area contributed by atoms with Crippen molar-refractivity contribution >= 4 is 21.7 Å². The second-order valence-electron chi connectivity index (χ2n) is 4.72. The van der Waals surface area contributed by atoms with Crippen molar-refractivity contribution in [3.8, 4) is 0 Å². The minimum Gasteiger partial charge on any atom is -0.370 e. The van der Waals surface area contributed by atoms with E-state index in [1.54, 1.807) is 7.11 Å². The Bertz CT molecular complexity index is 405. The van der Waals surface area contributed by atoms with Gasteiger partial charge in [0.1, 0.15) is 11.4 Å². The molecule has 1 saturated carbocycles. The zero-order valence-corrected chi connectivity index (χ0v) is 12.6. The van der Waals surface area contributed by atoms with Crippen LogP contribution in [0.2, 0.25) is 0 Å². The summed E-state index contributed by atoms with van der Waals surface area (Å²) < 4.78 is 6.62. The van der Waals surface area contributed by atoms with Gasteiger partial charge in [-0.3, -0.25) is 0 Å². The summed E-state index contributed by atoms with van der Waals surface area (Å²) in [5.74, 6) is 1.68. The van der Waals surface area contributed by atoms with Gasteiger partial charge in [-0.1, -0.05) is 6.92 Å². The van der Waals surface area contributed by atoms with Crippen LogP contribution in [0.3, 0.4) is 0 Å². The summed E-state index contributed by atoms with van der Waals surface area (Å²) in [6, 6.07) is 0. The first kappa shape index (κ1) is 13.7. The van der Waals surface area contributed by atoms with E-state index in [0.717, 1.165) is 41.9 Å². The predicted octanol–water partition coefficient (Wildman–Crippen LogP) is 3.48. The molecule has 1 fully saturated rings. The number of methoxy groups -OCH3 is 1. The van der Waals surface area contributed by atoms with Crippen LogP contribution in [0.25, 0.3) is 0 Å². The van der Waals surface area contributed by atoms with Gasteiger partial charge in [0, 0.05) is 19.9 Å². The number of hydrogen-bond donors (Lipinski definition) is 1. The van der Waals surface area contributed by atoms with Crippen LogP contribution in [-0.2, 0) is 10.3 Å². The van der Waals surface area contributed by atoms with Gasteiger partial charge in [0.05, 0.1) is 4.47 Å². The first-order valence-corrected chi connectivity index (χ1v) is 7.33. The number of halogens is 1. The van der Waals surface area contributed by atoms with E-state index < -0.39 is 0 Å². The number of anilines is 1. The number of rotatable bonds is 5. The first-order valence-electron chi connectivity index (χ1n) is 6.54. The van der Waals surface area contributed by atoms with Gasteiger partial charge < -0.3 is 10.1 Å². The van der Waals surface area contributed by atoms with Crippen LogP contribution < -0.4 is 5.32 Å². The summed E-state index contributed by atoms with van der Waals surface area (Å²) in [4.78, 5) is 9.09. The van der Waals surface area contributed by atoms with Crippen molar-refractivity contribution < 1.29 is 4.74 Å². The van der Waals surface area contributed by atoms with Crippen molar-refractivity contribution in [3.63, 3.8) is 0 Å². The first-order chi connectivity index (χ1) is 8.72. The molecule has 1 aromatic heterocycles. The Balaban J connectivity index is 2.27. The van der Waals surface area contributed by atoms with E-state index in [4.69, 9.17) is 4.74 Å². The van der Waals surface area contributed by atoms with E-state index >= 15 is 0 Å². The third-order valence-electron chi connectivity index (χ3n) is 3.50. The maximum absolute atomic E-state index is 5.72. The molecule has 1 heterocycles. The van der Waals surface area contributed by atoms with E-state index in [2.05, 4.69) is 38.1 Å². The highest BCUT2D eigenvalue weighted by molar-refractivity contribution is 9.10. The summed E-state index contributed by atoms with van der Waals surface area (Å²) in [5, 5.41) is 3.31. The highest BCUT2D eigenvalue weighted by Gasteiger charge is 2.38. The smallest absolute Gasteiger partial charge is 0.162 e. The lowest BCUT2D eigenvalue weighted by molar-refractivity contribution is -0.0162. The van der Waals surface area contributed by atoms with E-state index in [1.165, 1.54) is 12.8 Å². The lowest BCUT2D eigenvalue weighted by Crippen LogP contribution is -2.27. The van der Waals surface area contributed by atoms with Crippen molar-refractivity contribution in [3.05, 3.63) is 16.5 Å². The van der Waals surface area contributed by atoms with Crippen molar-refractivity contribution in [1.82, 2.24) is 9.97 Å². The molecule has 2 rings (SSSR count). The molecular weight excluding hydrogens is 294 g/mol. The van der Waals surface area contributed by atoms with Crippen LogP contribution in [0.5, 0.6) is 0 Å². The van der Waals surface area contributed by atoms with Crippen LogP contribution in [0, 0.1) is 0 Å². The van der Waals surface area contributed by atoms with E-state index in [9.17, 15) is 0 Å². The van der Waals surface area contributed by atoms with Crippen LogP contribution >= 0.6 is 15.9 Å². The van der Waals surface area contributed by atoms with Crippen LogP contribution in [0.4, 0.5) is 5.82 Å². The van der Waals surface area contributed by atoms with E-state index in [0.29, 0.717) is 0 Å². The molecule has 100 valence electrons. The fourth-order valence-electron chi connectivity index (χ4n) is 2.42. The van der Waals surface area contributed by atoms with Crippen molar-refractivity contribution in [2.24, 2.45) is 0 Å². The average Bonchev–Trinajstić information content (AvgIpc) is 2.88. The number of ether oxygens (including phenoxy) is 1. The largest absolute Gasteiger partial charge is 0.370 e. The van der Waals surface area contributed by atoms with Gasteiger partial charge in [0.25, 0.3) is 0 Å². The Morgan fingerprint density at radius 2 is 2.17 bits per heavy atom. The molecule has 0 unspecified atom stereocenters. The molecule has 0 bridgehead atoms. The Hall–Kier alpha value is -0.680. The molecule has 0 spiro atoms. The number of aromatic nitrogens is 2. The molecule has 4 nitrogen and oxygen atoms in total. The van der Waals surface area contributed by atoms with Crippen LogP contribution in [0.1, 0.15) is 44.9 Å². The third kappa shape index (κ3) is 2.67. The predicted molar refractivity (Wildman–Crippen MR) is 75.7 cm³/mol. The zero-order valence-electron chi connectivity index (χ0n) is 11.0. The van der Waals surface area contributed by atoms with Gasteiger partial charge in [-0.15, -0.1) is 0 Å². The quantitative estimate of drug-likeness (QED) is 0.904. The molecule has 18 heavy (non-hydrogen) atoms. The maximum atomic E-state index is 5.72. The minimum absolute atomic E-state index is 0.274. The topological polar surface area (TPSA) is 47.0 Å². The molecule has 0 amide bonds. The van der Waals surface area contributed by atoms with Gasteiger partial charge in [0.15, 0.2) is 5.82 Å². The molecule has 0 saturated heterocycles. The molecule has 1 N–H and O–H groups in total. The highest BCUT2D eigenvalue weighted by atomic mass is 79.9. The summed E-state index contributed by atoms with van der Waals surface area (Å²) in [6.45, 7) is 3.05. The van der Waals surface area contributed by atoms with Gasteiger partial charge in [0.2, 0.25) is 0 Å². The number of hydrogen-bond acceptors (Lipinski definition) is 4. The molecule has 0 radical (unpaired) electrons. The standard InChI is InChI=1S/C13H20BrN3O/c1-3-8-15-11-10(14)9-16-12(17-11)13(18-2)6-4-5-7-13/h9H,3-8H2,1-2H3,(H,15,16,17). The summed E-state index contributed by atoms with van der Waals surface area (Å²) >= 11 is 3.48. The van der Waals surface area contributed by atoms with Crippen LogP contribution in [0.15, 0.2) is 10.7 Å². The second-order valence-corrected chi connectivity index (χ2v) is 5.58. The zero-order chi connectivity index (χ0) is 13.0. The third-order valence-corrected chi connectivity index (χ3v) is 4.08. The molecule has 0 aromatic carbocycles. The second kappa shape index (κ2) is 5.97. The molecule has 5 heteroatoms. The molecule has 1 aliphatic carbocycles. The Morgan fingerprint density at radius 1 is 1.44 bits per heavy atom. The van der Waals surface area contributed by atoms with Gasteiger partial charge in [-0.2, -0.15) is 0 Å². The number of nitrogens with zero attached hydrogens (tertiary/aromatic N) is 2. The molecule has 1 aromatic rings. The Morgan fingerprint density at radius 3 is 2.78 bits per heavy atom. The molecule has 0 aliphatic heterocycles. The normalized spacial score (nSPS) is 17.9. The highest BCUT2D eigenvalue weighted by Crippen LogP contribution is 2.40. The van der Waals surface area contributed by atoms with Crippen molar-refractivity contribution in [2.75, 3.05) is 19.0 Å². The van der Waals surface area contributed by atoms with Gasteiger partial charge in [-0.05, 0) is 48.0 Å². The molecule has 1 aliphatic rings. The summed E-state index contributed by atoms with van der Waals surface area (Å²) in [5.41, 5.74) is -0.274. The van der Waals surface area contributed by atoms with E-state index in [-0.39, 0.29) is 5.60 Å². The lowest BCUT2D eigenvalue weighted by atomic mass is 10.0. The Labute approximate surface area is 117 Å². The summed E-state index contributed by atoms with van der Waals surface area (Å²) in [6.07, 6.45) is 7.29. The lowest BCUT2D eigenvalue weighted by Gasteiger charge is -2.26. The average molecular weight is 314 g/mol. The minimum atomic E-state index is -0.274. The van der Waals surface area contributed by atoms with Crippen molar-refractivity contribution in [2.45, 2.75) is 44.6 Å². The van der Waals surface area contributed by atoms with Crippen LogP contribution in [-0.4, -0.2) is 23.6 Å². The maximum Gasteiger partial charge on any atom is 0.162 e. The van der Waals surface area contributed by atoms with Crippen molar-refractivity contribution in [1.29, 1.82) is 0 Å². The van der Waals surface area contributed by atoms with Gasteiger partial charge >= 0.3 is 0 Å². The SMILES string of the molecule is CCCNc1nc(C2(OC)CCCC2)ncc1Br. The Kier molecular flexibility index (Phi) is 4.56. The van der Waals surface area contributed by atoms with E-state index in [1.807, 2.05) is 6.20 Å². The monoisotopic (exact) mass is 313 g/mol. The number of nitrogens with one attached hydrogen (secondary N) is 1. The van der Waals surface area contributed by atoms with Gasteiger partial charge in [-0.25, -0.2) is 9.97 Å². The summed E-state index contributed by atoms with van der Waals surface area (Å²) in [7, 11) is 1.76.